The number of thiophene rings is 1. The second-order valence-corrected chi connectivity index (χ2v) is 7.00. The van der Waals surface area contributed by atoms with E-state index in [1.807, 2.05) is 53.9 Å². The molecule has 3 rings (SSSR count). The predicted molar refractivity (Wildman–Crippen MR) is 108 cm³/mol. The Morgan fingerprint density at radius 2 is 1.36 bits per heavy atom. The molecule has 7 heteroatoms. The van der Waals surface area contributed by atoms with Crippen LogP contribution in [0, 0.1) is 5.41 Å². The number of carbonyl (C=O) groups excluding carboxylic acids is 1. The van der Waals surface area contributed by atoms with Gasteiger partial charge >= 0.3 is 6.03 Å². The van der Waals surface area contributed by atoms with Gasteiger partial charge in [0.1, 0.15) is 5.84 Å². The number of rotatable bonds is 4. The first kappa shape index (κ1) is 17.2. The highest BCUT2D eigenvalue weighted by atomic mass is 79.9. The first-order valence-electron chi connectivity index (χ1n) is 7.43. The van der Waals surface area contributed by atoms with Crippen LogP contribution in [0.15, 0.2) is 70.5 Å². The lowest BCUT2D eigenvalue weighted by molar-refractivity contribution is 0.262. The predicted octanol–water partition coefficient (Wildman–Crippen LogP) is 5.59. The first-order valence-corrected chi connectivity index (χ1v) is 9.10. The molecule has 0 atom stereocenters. The summed E-state index contributed by atoms with van der Waals surface area (Å²) >= 11 is 4.86. The van der Waals surface area contributed by atoms with Gasteiger partial charge in [0.15, 0.2) is 0 Å². The number of urea groups is 1. The standard InChI is InChI=1S/C18H15BrN4OS/c19-12-3-5-14(6-4-12)22-18(24)23-15-9-7-13(8-10-15)21-17(20)16-2-1-11-25-16/h1-11H,(H2,20,21)(H2,22,23,24). The van der Waals surface area contributed by atoms with Crippen LogP contribution in [0.4, 0.5) is 21.9 Å². The third kappa shape index (κ3) is 4.91. The lowest BCUT2D eigenvalue weighted by Crippen LogP contribution is -2.19. The number of benzene rings is 2. The molecule has 1 heterocycles. The summed E-state index contributed by atoms with van der Waals surface area (Å²) in [6.45, 7) is 0. The Morgan fingerprint density at radius 1 is 0.840 bits per heavy atom. The molecule has 0 saturated carbocycles. The van der Waals surface area contributed by atoms with E-state index in [2.05, 4.69) is 31.9 Å². The minimum Gasteiger partial charge on any atom is -0.340 e. The summed E-state index contributed by atoms with van der Waals surface area (Å²) in [6, 6.07) is 18.0. The van der Waals surface area contributed by atoms with Gasteiger partial charge in [-0.05, 0) is 60.0 Å². The van der Waals surface area contributed by atoms with Crippen molar-refractivity contribution in [3.63, 3.8) is 0 Å². The fourth-order valence-electron chi connectivity index (χ4n) is 2.09. The lowest BCUT2D eigenvalue weighted by Gasteiger charge is -2.10. The molecule has 5 nitrogen and oxygen atoms in total. The van der Waals surface area contributed by atoms with E-state index in [4.69, 9.17) is 5.41 Å². The molecule has 3 aromatic rings. The zero-order valence-corrected chi connectivity index (χ0v) is 15.4. The largest absolute Gasteiger partial charge is 0.340 e. The molecule has 126 valence electrons. The van der Waals surface area contributed by atoms with Gasteiger partial charge < -0.3 is 16.0 Å². The van der Waals surface area contributed by atoms with Crippen molar-refractivity contribution in [2.45, 2.75) is 0 Å². The number of hydrogen-bond acceptors (Lipinski definition) is 3. The zero-order valence-electron chi connectivity index (χ0n) is 13.0. The SMILES string of the molecule is N=C(Nc1ccc(NC(=O)Nc2ccc(Br)cc2)cc1)c1cccs1. The second-order valence-electron chi connectivity index (χ2n) is 5.14. The van der Waals surface area contributed by atoms with E-state index in [1.165, 1.54) is 11.3 Å². The molecule has 2 amide bonds. The van der Waals surface area contributed by atoms with Crippen LogP contribution in [0.25, 0.3) is 0 Å². The van der Waals surface area contributed by atoms with Gasteiger partial charge in [0.25, 0.3) is 0 Å². The molecule has 0 radical (unpaired) electrons. The van der Waals surface area contributed by atoms with Crippen molar-refractivity contribution in [2.75, 3.05) is 16.0 Å². The second kappa shape index (κ2) is 7.96. The lowest BCUT2D eigenvalue weighted by atomic mass is 10.2. The molecular formula is C18H15BrN4OS. The average Bonchev–Trinajstić information content (AvgIpc) is 3.13. The molecule has 0 unspecified atom stereocenters. The fraction of sp³-hybridized carbons (Fsp3) is 0. The average molecular weight is 415 g/mol. The van der Waals surface area contributed by atoms with Crippen LogP contribution >= 0.6 is 27.3 Å². The summed E-state index contributed by atoms with van der Waals surface area (Å²) in [5.74, 6) is 0.351. The third-order valence-electron chi connectivity index (χ3n) is 3.28. The maximum Gasteiger partial charge on any atom is 0.323 e. The molecule has 25 heavy (non-hydrogen) atoms. The van der Waals surface area contributed by atoms with Crippen LogP contribution in [0.3, 0.4) is 0 Å². The van der Waals surface area contributed by atoms with E-state index in [0.717, 1.165) is 15.0 Å². The quantitative estimate of drug-likeness (QED) is 0.331. The van der Waals surface area contributed by atoms with Crippen molar-refractivity contribution in [1.82, 2.24) is 0 Å². The Balaban J connectivity index is 1.56. The maximum absolute atomic E-state index is 12.0. The highest BCUT2D eigenvalue weighted by Crippen LogP contribution is 2.17. The van der Waals surface area contributed by atoms with Crippen molar-refractivity contribution < 1.29 is 4.79 Å². The molecule has 0 spiro atoms. The Kier molecular flexibility index (Phi) is 5.47. The number of amides is 2. The minimum atomic E-state index is -0.311. The molecule has 0 aliphatic carbocycles. The Labute approximate surface area is 157 Å². The highest BCUT2D eigenvalue weighted by Gasteiger charge is 2.05. The van der Waals surface area contributed by atoms with Crippen molar-refractivity contribution in [2.24, 2.45) is 0 Å². The van der Waals surface area contributed by atoms with Crippen LogP contribution in [0.2, 0.25) is 0 Å². The van der Waals surface area contributed by atoms with Crippen molar-refractivity contribution in [3.05, 3.63) is 75.4 Å². The topological polar surface area (TPSA) is 77.0 Å². The molecule has 0 saturated heterocycles. The summed E-state index contributed by atoms with van der Waals surface area (Å²) in [5, 5.41) is 18.5. The van der Waals surface area contributed by atoms with Crippen LogP contribution < -0.4 is 16.0 Å². The maximum atomic E-state index is 12.0. The van der Waals surface area contributed by atoms with Crippen LogP contribution in [-0.2, 0) is 0 Å². The molecule has 0 aliphatic heterocycles. The number of nitrogens with one attached hydrogen (secondary N) is 4. The smallest absolute Gasteiger partial charge is 0.323 e. The van der Waals surface area contributed by atoms with Crippen molar-refractivity contribution >= 4 is 56.2 Å². The molecule has 0 fully saturated rings. The zero-order chi connectivity index (χ0) is 17.6. The number of amidine groups is 1. The van der Waals surface area contributed by atoms with E-state index in [9.17, 15) is 4.79 Å². The van der Waals surface area contributed by atoms with Gasteiger partial charge in [0.05, 0.1) is 4.88 Å². The molecule has 4 N–H and O–H groups in total. The Bertz CT molecular complexity index is 861. The molecule has 2 aromatic carbocycles. The van der Waals surface area contributed by atoms with Crippen molar-refractivity contribution in [3.8, 4) is 0 Å². The van der Waals surface area contributed by atoms with Gasteiger partial charge in [0, 0.05) is 21.5 Å². The molecular weight excluding hydrogens is 400 g/mol. The summed E-state index contributed by atoms with van der Waals surface area (Å²) in [7, 11) is 0. The Hall–Kier alpha value is -2.64. The van der Waals surface area contributed by atoms with E-state index in [-0.39, 0.29) is 6.03 Å². The fourth-order valence-corrected chi connectivity index (χ4v) is 2.98. The van der Waals surface area contributed by atoms with E-state index in [1.54, 1.807) is 12.1 Å². The van der Waals surface area contributed by atoms with Gasteiger partial charge in [-0.2, -0.15) is 0 Å². The van der Waals surface area contributed by atoms with Crippen LogP contribution in [-0.4, -0.2) is 11.9 Å². The summed E-state index contributed by atoms with van der Waals surface area (Å²) in [6.07, 6.45) is 0. The number of carbonyl (C=O) groups is 1. The minimum absolute atomic E-state index is 0.311. The summed E-state index contributed by atoms with van der Waals surface area (Å²) in [4.78, 5) is 12.9. The third-order valence-corrected chi connectivity index (χ3v) is 4.70. The number of halogens is 1. The van der Waals surface area contributed by atoms with Crippen LogP contribution in [0.1, 0.15) is 4.88 Å². The van der Waals surface area contributed by atoms with Crippen LogP contribution in [0.5, 0.6) is 0 Å². The van der Waals surface area contributed by atoms with Gasteiger partial charge in [-0.1, -0.05) is 22.0 Å². The van der Waals surface area contributed by atoms with Crippen molar-refractivity contribution in [1.29, 1.82) is 5.41 Å². The Morgan fingerprint density at radius 3 is 1.88 bits per heavy atom. The monoisotopic (exact) mass is 414 g/mol. The molecule has 1 aromatic heterocycles. The van der Waals surface area contributed by atoms with E-state index >= 15 is 0 Å². The molecule has 0 aliphatic rings. The van der Waals surface area contributed by atoms with Gasteiger partial charge in [0.2, 0.25) is 0 Å². The van der Waals surface area contributed by atoms with Gasteiger partial charge in [-0.15, -0.1) is 11.3 Å². The van der Waals surface area contributed by atoms with Gasteiger partial charge in [-0.25, -0.2) is 4.79 Å². The van der Waals surface area contributed by atoms with E-state index in [0.29, 0.717) is 17.2 Å². The summed E-state index contributed by atoms with van der Waals surface area (Å²) in [5.41, 5.74) is 2.17. The first-order chi connectivity index (χ1) is 12.1. The van der Waals surface area contributed by atoms with Gasteiger partial charge in [-0.3, -0.25) is 5.41 Å². The highest BCUT2D eigenvalue weighted by molar-refractivity contribution is 9.10. The summed E-state index contributed by atoms with van der Waals surface area (Å²) < 4.78 is 0.953. The number of hydrogen-bond donors (Lipinski definition) is 4. The normalized spacial score (nSPS) is 10.1. The molecule has 0 bridgehead atoms. The number of anilines is 3. The van der Waals surface area contributed by atoms with E-state index < -0.39 is 0 Å².